The van der Waals surface area contributed by atoms with Gasteiger partial charge in [0.15, 0.2) is 0 Å². The van der Waals surface area contributed by atoms with E-state index in [0.717, 1.165) is 12.1 Å². The second-order valence-corrected chi connectivity index (χ2v) is 7.73. The third kappa shape index (κ3) is 5.21. The molecule has 0 saturated carbocycles. The van der Waals surface area contributed by atoms with Gasteiger partial charge in [0.2, 0.25) is 5.91 Å². The molecule has 154 valence electrons. The molecule has 1 saturated heterocycles. The predicted octanol–water partition coefficient (Wildman–Crippen LogP) is 3.10. The lowest BCUT2D eigenvalue weighted by molar-refractivity contribution is -0.126. The zero-order chi connectivity index (χ0) is 20.8. The number of amides is 2. The van der Waals surface area contributed by atoms with Gasteiger partial charge in [0.25, 0.3) is 5.91 Å². The van der Waals surface area contributed by atoms with E-state index in [9.17, 15) is 14.0 Å². The normalized spacial score (nSPS) is 19.2. The Morgan fingerprint density at radius 2 is 1.76 bits per heavy atom. The lowest BCUT2D eigenvalue weighted by atomic mass is 9.87. The lowest BCUT2D eigenvalue weighted by Crippen LogP contribution is -2.47. The maximum atomic E-state index is 14.3. The Morgan fingerprint density at radius 3 is 2.45 bits per heavy atom. The predicted molar refractivity (Wildman–Crippen MR) is 111 cm³/mol. The molecule has 1 heterocycles. The summed E-state index contributed by atoms with van der Waals surface area (Å²) in [5.41, 5.74) is 1.05. The van der Waals surface area contributed by atoms with Crippen molar-refractivity contribution in [3.05, 3.63) is 71.5 Å². The monoisotopic (exact) mass is 397 g/mol. The number of carbonyl (C=O) groups is 2. The van der Waals surface area contributed by atoms with E-state index in [1.165, 1.54) is 12.1 Å². The Morgan fingerprint density at radius 1 is 1.07 bits per heavy atom. The van der Waals surface area contributed by atoms with E-state index in [4.69, 9.17) is 0 Å². The number of carbonyl (C=O) groups excluding carboxylic acids is 2. The maximum Gasteiger partial charge on any atom is 0.257 e. The van der Waals surface area contributed by atoms with E-state index in [1.807, 2.05) is 49.3 Å². The molecular formula is C23H28FN3O2. The molecule has 1 aliphatic heterocycles. The number of piperidine rings is 1. The van der Waals surface area contributed by atoms with Gasteiger partial charge < -0.3 is 15.1 Å². The van der Waals surface area contributed by atoms with Gasteiger partial charge in [-0.05, 0) is 44.6 Å². The van der Waals surface area contributed by atoms with Gasteiger partial charge in [-0.25, -0.2) is 4.39 Å². The van der Waals surface area contributed by atoms with E-state index < -0.39 is 5.82 Å². The van der Waals surface area contributed by atoms with Gasteiger partial charge in [-0.3, -0.25) is 9.59 Å². The first-order valence-corrected chi connectivity index (χ1v) is 10.00. The van der Waals surface area contributed by atoms with Gasteiger partial charge in [-0.15, -0.1) is 0 Å². The summed E-state index contributed by atoms with van der Waals surface area (Å²) in [6.07, 6.45) is 1.35. The summed E-state index contributed by atoms with van der Waals surface area (Å²) in [4.78, 5) is 29.5. The molecule has 1 fully saturated rings. The molecule has 0 unspecified atom stereocenters. The fourth-order valence-corrected chi connectivity index (χ4v) is 3.77. The van der Waals surface area contributed by atoms with Crippen LogP contribution in [0.3, 0.4) is 0 Å². The lowest BCUT2D eigenvalue weighted by Gasteiger charge is -2.39. The van der Waals surface area contributed by atoms with E-state index in [2.05, 4.69) is 5.32 Å². The molecule has 5 nitrogen and oxygen atoms in total. The van der Waals surface area contributed by atoms with Crippen molar-refractivity contribution in [3.63, 3.8) is 0 Å². The molecule has 29 heavy (non-hydrogen) atoms. The quantitative estimate of drug-likeness (QED) is 0.815. The molecular weight excluding hydrogens is 369 g/mol. The van der Waals surface area contributed by atoms with Crippen molar-refractivity contribution in [3.8, 4) is 0 Å². The van der Waals surface area contributed by atoms with Crippen LogP contribution < -0.4 is 5.32 Å². The Kier molecular flexibility index (Phi) is 6.99. The van der Waals surface area contributed by atoms with Crippen LogP contribution in [-0.4, -0.2) is 55.3 Å². The third-order valence-electron chi connectivity index (χ3n) is 5.36. The van der Waals surface area contributed by atoms with Crippen molar-refractivity contribution >= 4 is 11.8 Å². The van der Waals surface area contributed by atoms with Gasteiger partial charge in [-0.2, -0.15) is 0 Å². The minimum Gasteiger partial charge on any atom is -0.355 e. The number of likely N-dealkylation sites (tertiary alicyclic amines) is 1. The number of rotatable bonds is 6. The standard InChI is InChI=1S/C23H28FN3O2/c1-26(2)15-14-25-22(28)18-12-13-21(17-8-4-3-5-9-17)27(16-18)23(29)19-10-6-7-11-20(19)24/h3-11,18,21H,12-16H2,1-2H3,(H,25,28)/t18-,21+/m0/s1. The van der Waals surface area contributed by atoms with E-state index >= 15 is 0 Å². The van der Waals surface area contributed by atoms with E-state index in [1.54, 1.807) is 17.0 Å². The van der Waals surface area contributed by atoms with Crippen LogP contribution in [0.5, 0.6) is 0 Å². The number of benzene rings is 2. The first kappa shape index (κ1) is 21.0. The first-order chi connectivity index (χ1) is 14.0. The number of hydrogen-bond donors (Lipinski definition) is 1. The number of likely N-dealkylation sites (N-methyl/N-ethyl adjacent to an activating group) is 1. The van der Waals surface area contributed by atoms with Crippen LogP contribution in [0.15, 0.2) is 54.6 Å². The van der Waals surface area contributed by atoms with Crippen LogP contribution in [0.25, 0.3) is 0 Å². The van der Waals surface area contributed by atoms with Crippen molar-refractivity contribution in [2.45, 2.75) is 18.9 Å². The highest BCUT2D eigenvalue weighted by molar-refractivity contribution is 5.95. The van der Waals surface area contributed by atoms with Crippen molar-refractivity contribution < 1.29 is 14.0 Å². The van der Waals surface area contributed by atoms with Crippen molar-refractivity contribution in [1.82, 2.24) is 15.1 Å². The molecule has 2 aromatic rings. The molecule has 3 rings (SSSR count). The molecule has 2 atom stereocenters. The van der Waals surface area contributed by atoms with Crippen LogP contribution in [0.4, 0.5) is 4.39 Å². The van der Waals surface area contributed by atoms with Gasteiger partial charge in [-0.1, -0.05) is 42.5 Å². The Bertz CT molecular complexity index is 841. The number of halogens is 1. The number of nitrogens with one attached hydrogen (secondary N) is 1. The Hall–Kier alpha value is -2.73. The van der Waals surface area contributed by atoms with Crippen LogP contribution in [-0.2, 0) is 4.79 Å². The molecule has 0 spiro atoms. The highest BCUT2D eigenvalue weighted by atomic mass is 19.1. The fraction of sp³-hybridized carbons (Fsp3) is 0.391. The summed E-state index contributed by atoms with van der Waals surface area (Å²) < 4.78 is 14.3. The molecule has 0 radical (unpaired) electrons. The average molecular weight is 397 g/mol. The van der Waals surface area contributed by atoms with Crippen LogP contribution in [0.2, 0.25) is 0 Å². The minimum absolute atomic E-state index is 0.0436. The average Bonchev–Trinajstić information content (AvgIpc) is 2.73. The van der Waals surface area contributed by atoms with Gasteiger partial charge >= 0.3 is 0 Å². The molecule has 0 aromatic heterocycles. The third-order valence-corrected chi connectivity index (χ3v) is 5.36. The summed E-state index contributed by atoms with van der Waals surface area (Å²) in [5.74, 6) is -1.26. The summed E-state index contributed by atoms with van der Waals surface area (Å²) in [6, 6.07) is 15.6. The topological polar surface area (TPSA) is 52.7 Å². The Balaban J connectivity index is 1.81. The van der Waals surface area contributed by atoms with E-state index in [0.29, 0.717) is 19.4 Å². The summed E-state index contributed by atoms with van der Waals surface area (Å²) in [6.45, 7) is 1.59. The first-order valence-electron chi connectivity index (χ1n) is 10.00. The molecule has 6 heteroatoms. The van der Waals surface area contributed by atoms with Crippen LogP contribution in [0.1, 0.15) is 34.8 Å². The van der Waals surface area contributed by atoms with Crippen molar-refractivity contribution in [1.29, 1.82) is 0 Å². The summed E-state index contributed by atoms with van der Waals surface area (Å²) in [5, 5.41) is 2.96. The molecule has 1 N–H and O–H groups in total. The second-order valence-electron chi connectivity index (χ2n) is 7.73. The zero-order valence-corrected chi connectivity index (χ0v) is 17.0. The highest BCUT2D eigenvalue weighted by Gasteiger charge is 2.36. The largest absolute Gasteiger partial charge is 0.355 e. The molecule has 2 amide bonds. The molecule has 0 bridgehead atoms. The second kappa shape index (κ2) is 9.65. The van der Waals surface area contributed by atoms with E-state index in [-0.39, 0.29) is 35.9 Å². The molecule has 1 aliphatic rings. The highest BCUT2D eigenvalue weighted by Crippen LogP contribution is 2.34. The van der Waals surface area contributed by atoms with Gasteiger partial charge in [0, 0.05) is 19.6 Å². The summed E-state index contributed by atoms with van der Waals surface area (Å²) in [7, 11) is 3.90. The van der Waals surface area contributed by atoms with Gasteiger partial charge in [0.1, 0.15) is 5.82 Å². The number of nitrogens with zero attached hydrogens (tertiary/aromatic N) is 2. The Labute approximate surface area is 171 Å². The van der Waals surface area contributed by atoms with Crippen LogP contribution in [0, 0.1) is 11.7 Å². The SMILES string of the molecule is CN(C)CCNC(=O)[C@H]1CC[C@H](c2ccccc2)N(C(=O)c2ccccc2F)C1. The smallest absolute Gasteiger partial charge is 0.257 e. The zero-order valence-electron chi connectivity index (χ0n) is 17.0. The summed E-state index contributed by atoms with van der Waals surface area (Å²) >= 11 is 0. The van der Waals surface area contributed by atoms with Crippen molar-refractivity contribution in [2.24, 2.45) is 5.92 Å². The van der Waals surface area contributed by atoms with Crippen molar-refractivity contribution in [2.75, 3.05) is 33.7 Å². The maximum absolute atomic E-state index is 14.3. The minimum atomic E-state index is -0.540. The fourth-order valence-electron chi connectivity index (χ4n) is 3.77. The molecule has 2 aromatic carbocycles. The van der Waals surface area contributed by atoms with Gasteiger partial charge in [0.05, 0.1) is 17.5 Å². The molecule has 0 aliphatic carbocycles. The van der Waals surface area contributed by atoms with Crippen LogP contribution >= 0.6 is 0 Å². The number of hydrogen-bond acceptors (Lipinski definition) is 3.